The number of aliphatic hydroxyl groups excluding tert-OH is 1. The fourth-order valence-corrected chi connectivity index (χ4v) is 1.88. The molecule has 0 fully saturated rings. The van der Waals surface area contributed by atoms with Crippen LogP contribution in [0.4, 0.5) is 5.82 Å². The average molecular weight is 319 g/mol. The molecule has 21 heavy (non-hydrogen) atoms. The van der Waals surface area contributed by atoms with Crippen LogP contribution in [0.2, 0.25) is 0 Å². The smallest absolute Gasteiger partial charge is 0.389 e. The van der Waals surface area contributed by atoms with Gasteiger partial charge in [0, 0.05) is 0 Å². The molecule has 5 N–H and O–H groups in total. The summed E-state index contributed by atoms with van der Waals surface area (Å²) in [6, 6.07) is 0. The van der Waals surface area contributed by atoms with Crippen molar-refractivity contribution in [1.29, 1.82) is 0 Å². The number of aromatic nitrogens is 4. The predicted molar refractivity (Wildman–Crippen MR) is 69.5 cm³/mol. The number of imidazole rings is 1. The van der Waals surface area contributed by atoms with Crippen LogP contribution in [0, 0.1) is 0 Å². The molecule has 0 aliphatic heterocycles. The van der Waals surface area contributed by atoms with Crippen LogP contribution in [0.1, 0.15) is 13.2 Å². The van der Waals surface area contributed by atoms with Crippen molar-refractivity contribution in [3.05, 3.63) is 12.7 Å². The van der Waals surface area contributed by atoms with Gasteiger partial charge in [-0.3, -0.25) is 9.09 Å². The van der Waals surface area contributed by atoms with Gasteiger partial charge >= 0.3 is 7.82 Å². The molecule has 2 heterocycles. The van der Waals surface area contributed by atoms with Gasteiger partial charge in [-0.25, -0.2) is 19.5 Å². The van der Waals surface area contributed by atoms with Crippen molar-refractivity contribution in [3.63, 3.8) is 0 Å². The van der Waals surface area contributed by atoms with Gasteiger partial charge in [-0.1, -0.05) is 0 Å². The van der Waals surface area contributed by atoms with Gasteiger partial charge in [0.15, 0.2) is 24.5 Å². The molecule has 0 aliphatic carbocycles. The minimum absolute atomic E-state index is 0.162. The minimum Gasteiger partial charge on any atom is -0.389 e. The molecule has 0 aromatic carbocycles. The summed E-state index contributed by atoms with van der Waals surface area (Å²) in [5.74, 6) is 0.162. The number of nitrogens with zero attached hydrogens (tertiary/aromatic N) is 4. The zero-order chi connectivity index (χ0) is 15.6. The third-order valence-electron chi connectivity index (χ3n) is 2.53. The Morgan fingerprint density at radius 3 is 2.76 bits per heavy atom. The molecule has 2 aromatic heterocycles. The average Bonchev–Trinajstić information content (AvgIpc) is 2.78. The van der Waals surface area contributed by atoms with Gasteiger partial charge in [-0.2, -0.15) is 0 Å². The van der Waals surface area contributed by atoms with E-state index in [0.717, 1.165) is 0 Å². The van der Waals surface area contributed by atoms with Crippen LogP contribution in [0.25, 0.3) is 11.2 Å². The molecule has 0 radical (unpaired) electrons. The Balaban J connectivity index is 2.25. The molecule has 0 bridgehead atoms. The second-order valence-corrected chi connectivity index (χ2v) is 5.36. The van der Waals surface area contributed by atoms with Gasteiger partial charge < -0.3 is 25.4 Å². The van der Waals surface area contributed by atoms with Crippen LogP contribution in [0.3, 0.4) is 0 Å². The summed E-state index contributed by atoms with van der Waals surface area (Å²) in [6.45, 7) is 0.707. The highest BCUT2D eigenvalue weighted by Gasteiger charge is 2.23. The van der Waals surface area contributed by atoms with Gasteiger partial charge in [-0.05, 0) is 6.92 Å². The third kappa shape index (κ3) is 3.73. The Morgan fingerprint density at radius 2 is 2.14 bits per heavy atom. The van der Waals surface area contributed by atoms with Crippen LogP contribution >= 0.6 is 7.82 Å². The SMILES string of the molecule is CC(O)C(OCOP(=O)(O)O)n1cnc2c(N)ncnc21. The summed E-state index contributed by atoms with van der Waals surface area (Å²) in [4.78, 5) is 29.0. The van der Waals surface area contributed by atoms with Crippen molar-refractivity contribution in [3.8, 4) is 0 Å². The van der Waals surface area contributed by atoms with Crippen molar-refractivity contribution in [2.45, 2.75) is 19.3 Å². The van der Waals surface area contributed by atoms with E-state index in [9.17, 15) is 9.67 Å². The quantitative estimate of drug-likeness (QED) is 0.397. The molecule has 0 amide bonds. The van der Waals surface area contributed by atoms with E-state index >= 15 is 0 Å². The molecule has 11 nitrogen and oxygen atoms in total. The zero-order valence-corrected chi connectivity index (χ0v) is 11.8. The number of anilines is 1. The van der Waals surface area contributed by atoms with E-state index in [0.29, 0.717) is 11.2 Å². The van der Waals surface area contributed by atoms with E-state index < -0.39 is 26.9 Å². The molecular formula is C9H14N5O6P. The van der Waals surface area contributed by atoms with Gasteiger partial charge in [-0.15, -0.1) is 0 Å². The highest BCUT2D eigenvalue weighted by molar-refractivity contribution is 7.46. The van der Waals surface area contributed by atoms with Crippen molar-refractivity contribution < 1.29 is 28.7 Å². The number of phosphoric acid groups is 1. The summed E-state index contributed by atoms with van der Waals surface area (Å²) < 4.78 is 21.3. The fourth-order valence-electron chi connectivity index (χ4n) is 1.68. The molecule has 0 saturated heterocycles. The molecular weight excluding hydrogens is 305 g/mol. The van der Waals surface area contributed by atoms with Gasteiger partial charge in [0.05, 0.1) is 12.4 Å². The summed E-state index contributed by atoms with van der Waals surface area (Å²) >= 11 is 0. The Labute approximate surface area is 118 Å². The maximum Gasteiger partial charge on any atom is 0.471 e. The van der Waals surface area contributed by atoms with E-state index in [1.165, 1.54) is 24.1 Å². The Bertz CT molecular complexity index is 670. The Kier molecular flexibility index (Phi) is 4.52. The number of phosphoric ester groups is 1. The molecule has 0 spiro atoms. The summed E-state index contributed by atoms with van der Waals surface area (Å²) in [5.41, 5.74) is 6.28. The number of hydrogen-bond donors (Lipinski definition) is 4. The number of fused-ring (bicyclic) bond motifs is 1. The van der Waals surface area contributed by atoms with Crippen molar-refractivity contribution in [2.24, 2.45) is 0 Å². The second kappa shape index (κ2) is 6.02. The summed E-state index contributed by atoms with van der Waals surface area (Å²) in [5, 5.41) is 9.74. The first-order chi connectivity index (χ1) is 9.79. The standard InChI is InChI=1S/C9H14N5O6P/c1-5(15)9(19-4-20-21(16,17)18)14-3-13-6-7(10)11-2-12-8(6)14/h2-3,5,9,15H,4H2,1H3,(H2,10,11,12)(H2,16,17,18). The van der Waals surface area contributed by atoms with Crippen molar-refractivity contribution in [1.82, 2.24) is 19.5 Å². The number of hydrogen-bond acceptors (Lipinski definition) is 8. The normalized spacial score (nSPS) is 15.2. The van der Waals surface area contributed by atoms with Crippen LogP contribution in [-0.4, -0.2) is 47.3 Å². The summed E-state index contributed by atoms with van der Waals surface area (Å²) in [6.07, 6.45) is 0.501. The lowest BCUT2D eigenvalue weighted by atomic mass is 10.3. The number of nitrogen functional groups attached to an aromatic ring is 1. The number of rotatable bonds is 6. The number of nitrogens with two attached hydrogens (primary N) is 1. The molecule has 12 heteroatoms. The first-order valence-electron chi connectivity index (χ1n) is 5.72. The predicted octanol–water partition coefficient (Wildman–Crippen LogP) is -0.629. The second-order valence-electron chi connectivity index (χ2n) is 4.12. The maximum absolute atomic E-state index is 10.6. The van der Waals surface area contributed by atoms with E-state index in [2.05, 4.69) is 19.5 Å². The number of ether oxygens (including phenoxy) is 1. The molecule has 2 unspecified atom stereocenters. The third-order valence-corrected chi connectivity index (χ3v) is 2.98. The van der Waals surface area contributed by atoms with Crippen LogP contribution in [0.5, 0.6) is 0 Å². The minimum atomic E-state index is -4.66. The van der Waals surface area contributed by atoms with Crippen LogP contribution in [-0.2, 0) is 13.8 Å². The van der Waals surface area contributed by atoms with Gasteiger partial charge in [0.1, 0.15) is 11.8 Å². The van der Waals surface area contributed by atoms with Gasteiger partial charge in [0.25, 0.3) is 0 Å². The molecule has 2 aromatic rings. The van der Waals surface area contributed by atoms with Crippen molar-refractivity contribution in [2.75, 3.05) is 12.5 Å². The Hall–Kier alpha value is -1.62. The molecule has 2 rings (SSSR count). The largest absolute Gasteiger partial charge is 0.471 e. The zero-order valence-electron chi connectivity index (χ0n) is 10.9. The number of aliphatic hydroxyl groups is 1. The first-order valence-corrected chi connectivity index (χ1v) is 7.25. The lowest BCUT2D eigenvalue weighted by molar-refractivity contribution is -0.124. The monoisotopic (exact) mass is 319 g/mol. The van der Waals surface area contributed by atoms with E-state index in [4.69, 9.17) is 20.3 Å². The van der Waals surface area contributed by atoms with E-state index in [-0.39, 0.29) is 5.82 Å². The summed E-state index contributed by atoms with van der Waals surface area (Å²) in [7, 11) is -4.66. The van der Waals surface area contributed by atoms with E-state index in [1.807, 2.05) is 0 Å². The highest BCUT2D eigenvalue weighted by atomic mass is 31.2. The lowest BCUT2D eigenvalue weighted by Gasteiger charge is -2.22. The fraction of sp³-hybridized carbons (Fsp3) is 0.444. The Morgan fingerprint density at radius 1 is 1.43 bits per heavy atom. The van der Waals surface area contributed by atoms with Crippen LogP contribution in [0.15, 0.2) is 12.7 Å². The van der Waals surface area contributed by atoms with E-state index in [1.54, 1.807) is 0 Å². The highest BCUT2D eigenvalue weighted by Crippen LogP contribution is 2.36. The van der Waals surface area contributed by atoms with Gasteiger partial charge in [0.2, 0.25) is 0 Å². The molecule has 0 saturated carbocycles. The molecule has 116 valence electrons. The lowest BCUT2D eigenvalue weighted by Crippen LogP contribution is -2.25. The topological polar surface area (TPSA) is 166 Å². The maximum atomic E-state index is 10.6. The van der Waals surface area contributed by atoms with Crippen LogP contribution < -0.4 is 5.73 Å². The van der Waals surface area contributed by atoms with Crippen molar-refractivity contribution >= 4 is 24.8 Å². The molecule has 0 aliphatic rings. The molecule has 2 atom stereocenters. The first kappa shape index (κ1) is 15.8.